The largest absolute Gasteiger partial charge is 0.507 e. The molecule has 0 aromatic heterocycles. The number of esters is 1. The summed E-state index contributed by atoms with van der Waals surface area (Å²) in [5, 5.41) is 13.4. The van der Waals surface area contributed by atoms with Gasteiger partial charge in [0.2, 0.25) is 0 Å². The lowest BCUT2D eigenvalue weighted by Crippen LogP contribution is -2.53. The van der Waals surface area contributed by atoms with Crippen LogP contribution in [-0.4, -0.2) is 119 Å². The molecule has 0 spiro atoms. The SMILES string of the molecule is CCC.CCCOC(=O)CCC1CCN(C2CCN(C(=O)[C@@H](Cc3cc(C)c(O)c(C)c3)OC(=O)N3CCC(N4CCc5ccccc5NC4=O)CC3)CC2)CC1. The Labute approximate surface area is 340 Å². The van der Waals surface area contributed by atoms with Crippen molar-refractivity contribution in [2.24, 2.45) is 5.92 Å². The van der Waals surface area contributed by atoms with E-state index in [1.54, 1.807) is 4.90 Å². The van der Waals surface area contributed by atoms with Crippen molar-refractivity contribution in [1.82, 2.24) is 19.6 Å². The van der Waals surface area contributed by atoms with Crippen molar-refractivity contribution < 1.29 is 33.8 Å². The van der Waals surface area contributed by atoms with Crippen LogP contribution in [0.1, 0.15) is 107 Å². The number of rotatable bonds is 11. The van der Waals surface area contributed by atoms with E-state index >= 15 is 0 Å². The van der Waals surface area contributed by atoms with E-state index in [-0.39, 0.29) is 36.1 Å². The Morgan fingerprint density at radius 3 is 2.11 bits per heavy atom. The first-order valence-electron chi connectivity index (χ1n) is 21.6. The van der Waals surface area contributed by atoms with Crippen LogP contribution in [0.25, 0.3) is 0 Å². The van der Waals surface area contributed by atoms with Crippen LogP contribution >= 0.6 is 0 Å². The Bertz CT molecular complexity index is 1620. The summed E-state index contributed by atoms with van der Waals surface area (Å²) in [5.74, 6) is 0.488. The highest BCUT2D eigenvalue weighted by Gasteiger charge is 2.37. The summed E-state index contributed by atoms with van der Waals surface area (Å²) in [6, 6.07) is 11.9. The zero-order valence-electron chi connectivity index (χ0n) is 35.1. The van der Waals surface area contributed by atoms with Gasteiger partial charge in [0.25, 0.3) is 5.91 Å². The molecule has 0 unspecified atom stereocenters. The van der Waals surface area contributed by atoms with E-state index in [4.69, 9.17) is 9.47 Å². The maximum Gasteiger partial charge on any atom is 0.410 e. The second-order valence-corrected chi connectivity index (χ2v) is 16.4. The van der Waals surface area contributed by atoms with Crippen molar-refractivity contribution in [1.29, 1.82) is 0 Å². The molecule has 4 amide bonds. The van der Waals surface area contributed by atoms with Gasteiger partial charge in [0.05, 0.1) is 6.61 Å². The maximum absolute atomic E-state index is 14.2. The number of carbonyl (C=O) groups is 4. The summed E-state index contributed by atoms with van der Waals surface area (Å²) >= 11 is 0. The lowest BCUT2D eigenvalue weighted by atomic mass is 9.90. The molecule has 4 heterocycles. The first kappa shape index (κ1) is 43.8. The fourth-order valence-corrected chi connectivity index (χ4v) is 8.72. The minimum absolute atomic E-state index is 0.00479. The maximum atomic E-state index is 14.2. The van der Waals surface area contributed by atoms with Gasteiger partial charge in [-0.3, -0.25) is 9.59 Å². The number of hydrogen-bond acceptors (Lipinski definition) is 8. The van der Waals surface area contributed by atoms with E-state index in [0.717, 1.165) is 74.8 Å². The topological polar surface area (TPSA) is 132 Å². The number of phenolic OH excluding ortho intramolecular Hbond substituents is 1. The van der Waals surface area contributed by atoms with Crippen molar-refractivity contribution in [3.63, 3.8) is 0 Å². The lowest BCUT2D eigenvalue weighted by molar-refractivity contribution is -0.144. The van der Waals surface area contributed by atoms with Gasteiger partial charge in [-0.25, -0.2) is 9.59 Å². The Balaban J connectivity index is 0.00000200. The molecule has 12 nitrogen and oxygen atoms in total. The van der Waals surface area contributed by atoms with Gasteiger partial charge in [-0.05, 0) is 119 Å². The first-order valence-corrected chi connectivity index (χ1v) is 21.6. The van der Waals surface area contributed by atoms with Crippen LogP contribution in [0.3, 0.4) is 0 Å². The van der Waals surface area contributed by atoms with Crippen molar-refractivity contribution in [2.75, 3.05) is 57.7 Å². The third-order valence-electron chi connectivity index (χ3n) is 12.0. The van der Waals surface area contributed by atoms with Gasteiger partial charge in [-0.2, -0.15) is 0 Å². The van der Waals surface area contributed by atoms with Crippen molar-refractivity contribution in [2.45, 2.75) is 130 Å². The zero-order chi connectivity index (χ0) is 40.9. The molecule has 57 heavy (non-hydrogen) atoms. The van der Waals surface area contributed by atoms with Crippen molar-refractivity contribution in [3.8, 4) is 5.75 Å². The summed E-state index contributed by atoms with van der Waals surface area (Å²) in [7, 11) is 0. The molecule has 1 atom stereocenters. The number of amides is 4. The Morgan fingerprint density at radius 1 is 0.842 bits per heavy atom. The lowest BCUT2D eigenvalue weighted by Gasteiger charge is -2.42. The summed E-state index contributed by atoms with van der Waals surface area (Å²) < 4.78 is 11.3. The highest BCUT2D eigenvalue weighted by atomic mass is 16.6. The smallest absolute Gasteiger partial charge is 0.410 e. The molecular weight excluding hydrogens is 723 g/mol. The number of urea groups is 1. The molecule has 4 aliphatic heterocycles. The molecule has 0 bridgehead atoms. The number of ether oxygens (including phenoxy) is 2. The summed E-state index contributed by atoms with van der Waals surface area (Å²) in [6.45, 7) is 15.1. The molecule has 6 rings (SSSR count). The van der Waals surface area contributed by atoms with E-state index in [9.17, 15) is 24.3 Å². The number of para-hydroxylation sites is 1. The Hall–Kier alpha value is -4.32. The first-order chi connectivity index (χ1) is 27.5. The van der Waals surface area contributed by atoms with Gasteiger partial charge in [0.15, 0.2) is 6.10 Å². The number of benzene rings is 2. The third-order valence-corrected chi connectivity index (χ3v) is 12.0. The highest BCUT2D eigenvalue weighted by Crippen LogP contribution is 2.29. The molecule has 4 aliphatic rings. The normalized spacial score (nSPS) is 19.1. The second kappa shape index (κ2) is 21.4. The average Bonchev–Trinajstić information content (AvgIpc) is 3.39. The van der Waals surface area contributed by atoms with Crippen molar-refractivity contribution in [3.05, 3.63) is 58.7 Å². The fourth-order valence-electron chi connectivity index (χ4n) is 8.72. The number of likely N-dealkylation sites (tertiary alicyclic amines) is 3. The van der Waals surface area contributed by atoms with Crippen LogP contribution in [0.2, 0.25) is 0 Å². The predicted molar refractivity (Wildman–Crippen MR) is 222 cm³/mol. The number of piperidine rings is 3. The Morgan fingerprint density at radius 2 is 1.46 bits per heavy atom. The Kier molecular flexibility index (Phi) is 16.5. The van der Waals surface area contributed by atoms with Crippen LogP contribution < -0.4 is 5.32 Å². The number of anilines is 1. The van der Waals surface area contributed by atoms with Gasteiger partial charge in [-0.1, -0.05) is 57.5 Å². The van der Waals surface area contributed by atoms with E-state index < -0.39 is 12.2 Å². The van der Waals surface area contributed by atoms with E-state index in [2.05, 4.69) is 24.1 Å². The number of aryl methyl sites for hydroxylation is 2. The van der Waals surface area contributed by atoms with Crippen LogP contribution in [0, 0.1) is 19.8 Å². The number of hydrogen-bond donors (Lipinski definition) is 2. The van der Waals surface area contributed by atoms with E-state index in [1.807, 2.05) is 67.0 Å². The van der Waals surface area contributed by atoms with Crippen molar-refractivity contribution >= 4 is 29.7 Å². The predicted octanol–water partition coefficient (Wildman–Crippen LogP) is 7.46. The monoisotopic (exact) mass is 790 g/mol. The van der Waals surface area contributed by atoms with Crippen LogP contribution in [0.4, 0.5) is 15.3 Å². The minimum Gasteiger partial charge on any atom is -0.507 e. The molecule has 2 N–H and O–H groups in total. The summed E-state index contributed by atoms with van der Waals surface area (Å²) in [5.41, 5.74) is 4.23. The second-order valence-electron chi connectivity index (χ2n) is 16.4. The van der Waals surface area contributed by atoms with Gasteiger partial charge >= 0.3 is 18.1 Å². The standard InChI is InChI=1S/C42H59N5O7.C3H8/c1-4-25-53-38(48)10-9-31-11-18-44(19-12-31)34-14-20-45(21-15-34)40(50)37(28-32-26-29(2)39(49)30(3)27-32)54-42(52)46-22-16-35(17-23-46)47-24-13-33-7-5-6-8-36(33)43-41(47)51;1-3-2/h5-8,26-27,31,34-35,37,49H,4,9-25,28H2,1-3H3,(H,43,51);3H2,1-2H3/t37-;/m1./s1. The van der Waals surface area contributed by atoms with Gasteiger partial charge in [-0.15, -0.1) is 0 Å². The van der Waals surface area contributed by atoms with Gasteiger partial charge < -0.3 is 39.5 Å². The zero-order valence-corrected chi connectivity index (χ0v) is 35.1. The molecule has 3 fully saturated rings. The molecule has 3 saturated heterocycles. The molecule has 0 saturated carbocycles. The molecule has 12 heteroatoms. The number of aromatic hydroxyl groups is 1. The third kappa shape index (κ3) is 12.1. The van der Waals surface area contributed by atoms with Crippen LogP contribution in [0.5, 0.6) is 5.75 Å². The molecule has 314 valence electrons. The molecular formula is C45H67N5O7. The van der Waals surface area contributed by atoms with E-state index in [1.165, 1.54) is 6.42 Å². The number of nitrogens with zero attached hydrogens (tertiary/aromatic N) is 4. The quantitative estimate of drug-likeness (QED) is 0.225. The highest BCUT2D eigenvalue weighted by molar-refractivity contribution is 5.91. The molecule has 2 aromatic rings. The fraction of sp³-hybridized carbons (Fsp3) is 0.644. The molecule has 0 radical (unpaired) electrons. The number of phenols is 1. The average molecular weight is 790 g/mol. The van der Waals surface area contributed by atoms with Gasteiger partial charge in [0, 0.05) is 63.3 Å². The number of fused-ring (bicyclic) bond motifs is 1. The number of nitrogens with one attached hydrogen (secondary N) is 1. The molecule has 0 aliphatic carbocycles. The van der Waals surface area contributed by atoms with Crippen LogP contribution in [-0.2, 0) is 31.9 Å². The molecule has 2 aromatic carbocycles. The minimum atomic E-state index is -0.996. The van der Waals surface area contributed by atoms with E-state index in [0.29, 0.717) is 81.7 Å². The van der Waals surface area contributed by atoms with Crippen LogP contribution in [0.15, 0.2) is 36.4 Å². The summed E-state index contributed by atoms with van der Waals surface area (Å²) in [4.78, 5) is 60.9. The van der Waals surface area contributed by atoms with Gasteiger partial charge in [0.1, 0.15) is 5.75 Å². The summed E-state index contributed by atoms with van der Waals surface area (Å²) in [6.07, 6.45) is 8.07. The number of carbonyl (C=O) groups excluding carboxylic acids is 4.